The molecule has 0 bridgehead atoms. The number of carbonyl (C=O) groups is 1. The van der Waals surface area contributed by atoms with E-state index in [0.717, 1.165) is 5.56 Å². The van der Waals surface area contributed by atoms with E-state index in [-0.39, 0.29) is 12.2 Å². The van der Waals surface area contributed by atoms with E-state index >= 15 is 0 Å². The molecule has 0 atom stereocenters. The lowest BCUT2D eigenvalue weighted by Gasteiger charge is -2.14. The van der Waals surface area contributed by atoms with Crippen LogP contribution in [-0.2, 0) is 4.79 Å². The predicted octanol–water partition coefficient (Wildman–Crippen LogP) is 1.27. The fourth-order valence-electron chi connectivity index (χ4n) is 1.69. The van der Waals surface area contributed by atoms with E-state index in [1.54, 1.807) is 24.1 Å². The second-order valence-electron chi connectivity index (χ2n) is 4.52. The number of methoxy groups -OCH3 is 1. The minimum absolute atomic E-state index is 0.0468. The lowest BCUT2D eigenvalue weighted by atomic mass is 10.2. The predicted molar refractivity (Wildman–Crippen MR) is 79.8 cm³/mol. The van der Waals surface area contributed by atoms with E-state index in [9.17, 15) is 4.79 Å². The molecule has 0 heterocycles. The second kappa shape index (κ2) is 7.92. The van der Waals surface area contributed by atoms with Gasteiger partial charge in [-0.15, -0.1) is 0 Å². The third kappa shape index (κ3) is 4.82. The van der Waals surface area contributed by atoms with Crippen LogP contribution in [0.3, 0.4) is 0 Å². The van der Waals surface area contributed by atoms with Gasteiger partial charge in [-0.25, -0.2) is 0 Å². The van der Waals surface area contributed by atoms with Crippen molar-refractivity contribution in [2.75, 3.05) is 32.6 Å². The Morgan fingerprint density at radius 2 is 2.29 bits per heavy atom. The van der Waals surface area contributed by atoms with Gasteiger partial charge < -0.3 is 20.1 Å². The van der Waals surface area contributed by atoms with Gasteiger partial charge in [0.1, 0.15) is 17.4 Å². The summed E-state index contributed by atoms with van der Waals surface area (Å²) in [6.07, 6.45) is 1.40. The number of nitriles is 1. The third-order valence-electron chi connectivity index (χ3n) is 2.77. The molecule has 1 rings (SSSR count). The minimum atomic E-state index is -0.522. The molecule has 0 saturated carbocycles. The summed E-state index contributed by atoms with van der Waals surface area (Å²) < 4.78 is 5.17. The van der Waals surface area contributed by atoms with E-state index < -0.39 is 5.91 Å². The number of aliphatic hydroxyl groups excluding tert-OH is 1. The van der Waals surface area contributed by atoms with Gasteiger partial charge >= 0.3 is 0 Å². The number of aliphatic hydroxyl groups is 1. The maximum Gasteiger partial charge on any atom is 0.267 e. The summed E-state index contributed by atoms with van der Waals surface area (Å²) in [5.41, 5.74) is 1.42. The molecule has 2 N–H and O–H groups in total. The molecule has 0 aromatic heterocycles. The van der Waals surface area contributed by atoms with Gasteiger partial charge in [0, 0.05) is 19.8 Å². The van der Waals surface area contributed by atoms with Crippen molar-refractivity contribution in [1.82, 2.24) is 4.90 Å². The SMILES string of the molecule is COc1ccc(C)cc1NC(=O)/C(C#N)=C\N(C)CCO. The van der Waals surface area contributed by atoms with Crippen molar-refractivity contribution in [3.63, 3.8) is 0 Å². The maximum atomic E-state index is 12.1. The number of nitrogens with one attached hydrogen (secondary N) is 1. The van der Waals surface area contributed by atoms with Crippen molar-refractivity contribution in [1.29, 1.82) is 5.26 Å². The van der Waals surface area contributed by atoms with Crippen LogP contribution in [0.25, 0.3) is 0 Å². The van der Waals surface area contributed by atoms with Crippen molar-refractivity contribution in [3.8, 4) is 11.8 Å². The Hall–Kier alpha value is -2.52. The number of likely N-dealkylation sites (N-methyl/N-ethyl adjacent to an activating group) is 1. The van der Waals surface area contributed by atoms with Gasteiger partial charge in [0.15, 0.2) is 0 Å². The molecule has 1 amide bonds. The summed E-state index contributed by atoms with van der Waals surface area (Å²) >= 11 is 0. The fourth-order valence-corrected chi connectivity index (χ4v) is 1.69. The van der Waals surface area contributed by atoms with Gasteiger partial charge in [-0.1, -0.05) is 6.07 Å². The zero-order valence-electron chi connectivity index (χ0n) is 12.4. The van der Waals surface area contributed by atoms with Crippen molar-refractivity contribution in [2.45, 2.75) is 6.92 Å². The number of amides is 1. The van der Waals surface area contributed by atoms with E-state index in [0.29, 0.717) is 18.0 Å². The Bertz CT molecular complexity index is 576. The molecule has 21 heavy (non-hydrogen) atoms. The second-order valence-corrected chi connectivity index (χ2v) is 4.52. The Kier molecular flexibility index (Phi) is 6.24. The van der Waals surface area contributed by atoms with Crippen LogP contribution in [0, 0.1) is 18.3 Å². The number of anilines is 1. The van der Waals surface area contributed by atoms with Crippen molar-refractivity contribution < 1.29 is 14.6 Å². The number of benzene rings is 1. The molecule has 0 unspecified atom stereocenters. The maximum absolute atomic E-state index is 12.1. The zero-order chi connectivity index (χ0) is 15.8. The van der Waals surface area contributed by atoms with E-state index in [1.807, 2.05) is 19.1 Å². The average Bonchev–Trinajstić information content (AvgIpc) is 2.45. The van der Waals surface area contributed by atoms with E-state index in [1.165, 1.54) is 13.3 Å². The molecule has 0 radical (unpaired) electrons. The molecule has 0 aliphatic heterocycles. The van der Waals surface area contributed by atoms with Gasteiger partial charge in [0.25, 0.3) is 5.91 Å². The summed E-state index contributed by atoms with van der Waals surface area (Å²) in [7, 11) is 3.19. The van der Waals surface area contributed by atoms with Crippen LogP contribution in [0.1, 0.15) is 5.56 Å². The Morgan fingerprint density at radius 1 is 1.57 bits per heavy atom. The first-order valence-corrected chi connectivity index (χ1v) is 6.40. The van der Waals surface area contributed by atoms with E-state index in [4.69, 9.17) is 15.1 Å². The first kappa shape index (κ1) is 16.5. The highest BCUT2D eigenvalue weighted by Crippen LogP contribution is 2.25. The summed E-state index contributed by atoms with van der Waals surface area (Å²) in [6.45, 7) is 2.18. The summed E-state index contributed by atoms with van der Waals surface area (Å²) in [6, 6.07) is 7.23. The van der Waals surface area contributed by atoms with Crippen molar-refractivity contribution >= 4 is 11.6 Å². The topological polar surface area (TPSA) is 85.6 Å². The van der Waals surface area contributed by atoms with Crippen LogP contribution < -0.4 is 10.1 Å². The van der Waals surface area contributed by atoms with Gasteiger partial charge in [0.05, 0.1) is 19.4 Å². The van der Waals surface area contributed by atoms with Crippen LogP contribution in [0.2, 0.25) is 0 Å². The Balaban J connectivity index is 2.94. The molecule has 0 spiro atoms. The van der Waals surface area contributed by atoms with Crippen LogP contribution in [0.15, 0.2) is 30.0 Å². The molecule has 0 saturated heterocycles. The Morgan fingerprint density at radius 3 is 2.86 bits per heavy atom. The molecule has 1 aromatic carbocycles. The standard InChI is InChI=1S/C15H19N3O3/c1-11-4-5-14(21-3)13(8-11)17-15(20)12(9-16)10-18(2)6-7-19/h4-5,8,10,19H,6-7H2,1-3H3,(H,17,20)/b12-10-. The first-order chi connectivity index (χ1) is 10.0. The molecule has 6 heteroatoms. The number of aryl methyl sites for hydroxylation is 1. The quantitative estimate of drug-likeness (QED) is 0.608. The smallest absolute Gasteiger partial charge is 0.267 e. The van der Waals surface area contributed by atoms with Crippen LogP contribution in [0.5, 0.6) is 5.75 Å². The first-order valence-electron chi connectivity index (χ1n) is 6.40. The number of nitrogens with zero attached hydrogens (tertiary/aromatic N) is 2. The number of rotatable bonds is 6. The summed E-state index contributed by atoms with van der Waals surface area (Å²) in [4.78, 5) is 13.7. The Labute approximate surface area is 124 Å². The normalized spacial score (nSPS) is 10.7. The molecule has 1 aromatic rings. The van der Waals surface area contributed by atoms with Crippen molar-refractivity contribution in [3.05, 3.63) is 35.5 Å². The van der Waals surface area contributed by atoms with Crippen LogP contribution >= 0.6 is 0 Å². The third-order valence-corrected chi connectivity index (χ3v) is 2.77. The lowest BCUT2D eigenvalue weighted by molar-refractivity contribution is -0.112. The fraction of sp³-hybridized carbons (Fsp3) is 0.333. The highest BCUT2D eigenvalue weighted by atomic mass is 16.5. The molecular weight excluding hydrogens is 270 g/mol. The number of hydrogen-bond donors (Lipinski definition) is 2. The number of hydrogen-bond acceptors (Lipinski definition) is 5. The van der Waals surface area contributed by atoms with Gasteiger partial charge in [0.2, 0.25) is 0 Å². The minimum Gasteiger partial charge on any atom is -0.495 e. The zero-order valence-corrected chi connectivity index (χ0v) is 12.4. The molecule has 0 fully saturated rings. The van der Waals surface area contributed by atoms with E-state index in [2.05, 4.69) is 5.32 Å². The summed E-state index contributed by atoms with van der Waals surface area (Å²) in [5.74, 6) is 0.00106. The molecule has 6 nitrogen and oxygen atoms in total. The average molecular weight is 289 g/mol. The van der Waals surface area contributed by atoms with Crippen LogP contribution in [0.4, 0.5) is 5.69 Å². The van der Waals surface area contributed by atoms with Gasteiger partial charge in [-0.05, 0) is 24.6 Å². The monoisotopic (exact) mass is 289 g/mol. The lowest BCUT2D eigenvalue weighted by Crippen LogP contribution is -2.20. The molecule has 112 valence electrons. The highest BCUT2D eigenvalue weighted by Gasteiger charge is 2.13. The van der Waals surface area contributed by atoms with Gasteiger partial charge in [-0.3, -0.25) is 4.79 Å². The highest BCUT2D eigenvalue weighted by molar-refractivity contribution is 6.07. The molecular formula is C15H19N3O3. The number of ether oxygens (including phenoxy) is 1. The molecule has 0 aliphatic rings. The molecule has 0 aliphatic carbocycles. The largest absolute Gasteiger partial charge is 0.495 e. The van der Waals surface area contributed by atoms with Crippen LogP contribution in [-0.4, -0.2) is 43.2 Å². The summed E-state index contributed by atoms with van der Waals surface area (Å²) in [5, 5.41) is 20.6. The number of carbonyl (C=O) groups excluding carboxylic acids is 1. The van der Waals surface area contributed by atoms with Crippen molar-refractivity contribution in [2.24, 2.45) is 0 Å². The van der Waals surface area contributed by atoms with Gasteiger partial charge in [-0.2, -0.15) is 5.26 Å².